The molecule has 6 nitrogen and oxygen atoms in total. The van der Waals surface area contributed by atoms with Gasteiger partial charge in [-0.2, -0.15) is 0 Å². The molecule has 8 heteroatoms. The molecule has 0 spiro atoms. The minimum atomic E-state index is -1.37. The molecule has 1 heterocycles. The van der Waals surface area contributed by atoms with Gasteiger partial charge in [-0.25, -0.2) is 18.5 Å². The predicted molar refractivity (Wildman–Crippen MR) is 102 cm³/mol. The fourth-order valence-electron chi connectivity index (χ4n) is 3.36. The van der Waals surface area contributed by atoms with Crippen molar-refractivity contribution in [2.75, 3.05) is 4.90 Å². The van der Waals surface area contributed by atoms with E-state index >= 15 is 0 Å². The Balaban J connectivity index is 1.87. The van der Waals surface area contributed by atoms with Gasteiger partial charge in [0.2, 0.25) is 0 Å². The number of carboxylic acid groups (broad SMARTS) is 1. The first-order valence-electron chi connectivity index (χ1n) is 8.77. The molecule has 30 heavy (non-hydrogen) atoms. The Morgan fingerprint density at radius 1 is 0.833 bits per heavy atom. The zero-order valence-corrected chi connectivity index (χ0v) is 15.2. The van der Waals surface area contributed by atoms with Crippen LogP contribution in [0.25, 0.3) is 11.1 Å². The van der Waals surface area contributed by atoms with Gasteiger partial charge in [-0.1, -0.05) is 18.2 Å². The molecule has 0 aliphatic carbocycles. The van der Waals surface area contributed by atoms with Gasteiger partial charge in [0.15, 0.2) is 11.6 Å². The van der Waals surface area contributed by atoms with E-state index in [-0.39, 0.29) is 34.5 Å². The molecule has 3 aromatic carbocycles. The Labute approximate surface area is 168 Å². The lowest BCUT2D eigenvalue weighted by Gasteiger charge is -2.18. The normalized spacial score (nSPS) is 13.0. The molecule has 150 valence electrons. The van der Waals surface area contributed by atoms with Crippen molar-refractivity contribution in [2.24, 2.45) is 0 Å². The van der Waals surface area contributed by atoms with Crippen molar-refractivity contribution in [3.8, 4) is 11.1 Å². The number of benzene rings is 3. The summed E-state index contributed by atoms with van der Waals surface area (Å²) in [5.74, 6) is -4.95. The van der Waals surface area contributed by atoms with E-state index in [1.165, 1.54) is 42.5 Å². The molecule has 0 unspecified atom stereocenters. The number of carboxylic acids is 1. The number of amides is 2. The number of hydrogen-bond donors (Lipinski definition) is 2. The number of carbonyl (C=O) groups is 3. The Morgan fingerprint density at radius 2 is 1.50 bits per heavy atom. The van der Waals surface area contributed by atoms with Crippen LogP contribution in [0.5, 0.6) is 0 Å². The van der Waals surface area contributed by atoms with Crippen LogP contribution < -0.4 is 4.90 Å². The van der Waals surface area contributed by atoms with Gasteiger partial charge in [-0.15, -0.1) is 0 Å². The van der Waals surface area contributed by atoms with Gasteiger partial charge in [0.25, 0.3) is 11.8 Å². The summed E-state index contributed by atoms with van der Waals surface area (Å²) in [5.41, 5.74) is 0.575. The Bertz CT molecular complexity index is 1240. The second-order valence-corrected chi connectivity index (χ2v) is 6.65. The van der Waals surface area contributed by atoms with Crippen LogP contribution in [0.4, 0.5) is 14.5 Å². The maximum absolute atomic E-state index is 13.6. The molecule has 2 amide bonds. The maximum atomic E-state index is 13.6. The summed E-state index contributed by atoms with van der Waals surface area (Å²) in [6.45, 7) is -0.333. The quantitative estimate of drug-likeness (QED) is 0.642. The lowest BCUT2D eigenvalue weighted by Crippen LogP contribution is -2.31. The van der Waals surface area contributed by atoms with Gasteiger partial charge in [-0.05, 0) is 53.1 Å². The number of aliphatic hydroxyl groups excluding tert-OH is 1. The number of imide groups is 1. The van der Waals surface area contributed by atoms with E-state index in [0.29, 0.717) is 11.1 Å². The number of carbonyl (C=O) groups excluding carboxylic acids is 2. The second-order valence-electron chi connectivity index (χ2n) is 6.65. The lowest BCUT2D eigenvalue weighted by molar-refractivity contribution is 0.0698. The van der Waals surface area contributed by atoms with Gasteiger partial charge in [0.1, 0.15) is 0 Å². The minimum Gasteiger partial charge on any atom is -0.478 e. The summed E-state index contributed by atoms with van der Waals surface area (Å²) in [6, 6.07) is 11.2. The lowest BCUT2D eigenvalue weighted by atomic mass is 10.0. The van der Waals surface area contributed by atoms with Gasteiger partial charge < -0.3 is 10.2 Å². The molecule has 1 aliphatic heterocycles. The van der Waals surface area contributed by atoms with Crippen molar-refractivity contribution in [3.05, 3.63) is 88.5 Å². The molecule has 0 bridgehead atoms. The number of anilines is 1. The van der Waals surface area contributed by atoms with Crippen molar-refractivity contribution in [2.45, 2.75) is 6.61 Å². The van der Waals surface area contributed by atoms with Crippen LogP contribution in [-0.2, 0) is 6.61 Å². The highest BCUT2D eigenvalue weighted by Crippen LogP contribution is 2.35. The number of halogens is 2. The number of aromatic carboxylic acids is 1. The van der Waals surface area contributed by atoms with Crippen LogP contribution in [0, 0.1) is 11.6 Å². The topological polar surface area (TPSA) is 94.9 Å². The van der Waals surface area contributed by atoms with E-state index in [9.17, 15) is 33.4 Å². The summed E-state index contributed by atoms with van der Waals surface area (Å²) in [5, 5.41) is 18.8. The highest BCUT2D eigenvalue weighted by Gasteiger charge is 2.38. The minimum absolute atomic E-state index is 0.0427. The van der Waals surface area contributed by atoms with E-state index in [0.717, 1.165) is 17.0 Å². The molecular formula is C22H13F2NO5. The van der Waals surface area contributed by atoms with Crippen molar-refractivity contribution >= 4 is 23.5 Å². The van der Waals surface area contributed by atoms with Crippen LogP contribution >= 0.6 is 0 Å². The van der Waals surface area contributed by atoms with E-state index < -0.39 is 29.4 Å². The highest BCUT2D eigenvalue weighted by molar-refractivity contribution is 6.35. The number of nitrogens with zero attached hydrogens (tertiary/aromatic N) is 1. The monoisotopic (exact) mass is 409 g/mol. The van der Waals surface area contributed by atoms with Crippen molar-refractivity contribution in [1.82, 2.24) is 0 Å². The Morgan fingerprint density at radius 3 is 2.17 bits per heavy atom. The SMILES string of the molecule is O=C(O)c1ccc(-c2ccc(F)c(F)c2)cc1N1C(=O)c2ccc(CO)cc2C1=O. The fourth-order valence-corrected chi connectivity index (χ4v) is 3.36. The summed E-state index contributed by atoms with van der Waals surface area (Å²) in [7, 11) is 0. The Hall–Kier alpha value is -3.91. The second kappa shape index (κ2) is 7.16. The molecule has 0 radical (unpaired) electrons. The first kappa shape index (κ1) is 19.4. The third kappa shape index (κ3) is 3.03. The standard InChI is InChI=1S/C22H13F2NO5/c23-17-6-3-12(8-18(17)24)13-2-5-15(22(29)30)19(9-13)25-20(27)14-4-1-11(10-26)7-16(14)21(25)28/h1-9,26H,10H2,(H,29,30). The van der Waals surface area contributed by atoms with Gasteiger partial charge in [0.05, 0.1) is 29.0 Å². The van der Waals surface area contributed by atoms with Gasteiger partial charge >= 0.3 is 5.97 Å². The summed E-state index contributed by atoms with van der Waals surface area (Å²) in [6.07, 6.45) is 0. The van der Waals surface area contributed by atoms with E-state index in [1.54, 1.807) is 0 Å². The van der Waals surface area contributed by atoms with E-state index in [4.69, 9.17) is 0 Å². The molecule has 0 fully saturated rings. The van der Waals surface area contributed by atoms with Crippen LogP contribution in [0.15, 0.2) is 54.6 Å². The predicted octanol–water partition coefficient (Wildman–Crippen LogP) is 3.62. The largest absolute Gasteiger partial charge is 0.478 e. The highest BCUT2D eigenvalue weighted by atomic mass is 19.2. The van der Waals surface area contributed by atoms with Crippen LogP contribution in [0.2, 0.25) is 0 Å². The molecule has 3 aromatic rings. The zero-order chi connectivity index (χ0) is 21.6. The van der Waals surface area contributed by atoms with Gasteiger partial charge in [-0.3, -0.25) is 9.59 Å². The number of fused-ring (bicyclic) bond motifs is 1. The van der Waals surface area contributed by atoms with Crippen molar-refractivity contribution in [1.29, 1.82) is 0 Å². The number of aliphatic hydroxyl groups is 1. The van der Waals surface area contributed by atoms with Crippen LogP contribution in [0.1, 0.15) is 36.6 Å². The van der Waals surface area contributed by atoms with E-state index in [1.807, 2.05) is 0 Å². The summed E-state index contributed by atoms with van der Waals surface area (Å²) in [4.78, 5) is 38.2. The molecule has 2 N–H and O–H groups in total. The molecule has 0 saturated carbocycles. The number of rotatable bonds is 4. The smallest absolute Gasteiger partial charge is 0.337 e. The summed E-state index contributed by atoms with van der Waals surface area (Å²) < 4.78 is 26.9. The average Bonchev–Trinajstić information content (AvgIpc) is 2.99. The zero-order valence-electron chi connectivity index (χ0n) is 15.2. The third-order valence-electron chi connectivity index (χ3n) is 4.86. The van der Waals surface area contributed by atoms with Crippen LogP contribution in [0.3, 0.4) is 0 Å². The average molecular weight is 409 g/mol. The Kier molecular flexibility index (Phi) is 4.63. The molecule has 0 atom stereocenters. The molecule has 4 rings (SSSR count). The van der Waals surface area contributed by atoms with Crippen molar-refractivity contribution in [3.63, 3.8) is 0 Å². The molecule has 1 aliphatic rings. The number of hydrogen-bond acceptors (Lipinski definition) is 4. The summed E-state index contributed by atoms with van der Waals surface area (Å²) >= 11 is 0. The molecule has 0 saturated heterocycles. The van der Waals surface area contributed by atoms with Gasteiger partial charge in [0, 0.05) is 0 Å². The van der Waals surface area contributed by atoms with E-state index in [2.05, 4.69) is 0 Å². The first-order chi connectivity index (χ1) is 14.3. The van der Waals surface area contributed by atoms with Crippen LogP contribution in [-0.4, -0.2) is 28.0 Å². The molecule has 0 aromatic heterocycles. The fraction of sp³-hybridized carbons (Fsp3) is 0.0455. The third-order valence-corrected chi connectivity index (χ3v) is 4.86. The molecular weight excluding hydrogens is 396 g/mol. The van der Waals surface area contributed by atoms with Crippen molar-refractivity contribution < 1.29 is 33.4 Å². The first-order valence-corrected chi connectivity index (χ1v) is 8.77. The maximum Gasteiger partial charge on any atom is 0.337 e.